The fourth-order valence-electron chi connectivity index (χ4n) is 3.09. The van der Waals surface area contributed by atoms with Crippen LogP contribution in [0.3, 0.4) is 0 Å². The molecule has 0 aliphatic rings. The molecule has 0 bridgehead atoms. The van der Waals surface area contributed by atoms with Gasteiger partial charge in [0.2, 0.25) is 0 Å². The predicted molar refractivity (Wildman–Crippen MR) is 132 cm³/mol. The number of phenols is 2. The normalized spacial score (nSPS) is 10.8. The summed E-state index contributed by atoms with van der Waals surface area (Å²) in [5.74, 6) is 0.256. The van der Waals surface area contributed by atoms with Gasteiger partial charge in [0.1, 0.15) is 5.84 Å². The van der Waals surface area contributed by atoms with Crippen LogP contribution >= 0.6 is 24.8 Å². The lowest BCUT2D eigenvalue weighted by Crippen LogP contribution is -2.14. The zero-order valence-electron chi connectivity index (χ0n) is 17.2. The number of nitrogens with two attached hydrogens (primary N) is 2. The summed E-state index contributed by atoms with van der Waals surface area (Å²) in [6.45, 7) is 1.08. The van der Waals surface area contributed by atoms with Gasteiger partial charge in [0, 0.05) is 18.7 Å². The molecule has 0 aliphatic heterocycles. The van der Waals surface area contributed by atoms with Crippen LogP contribution in [0.4, 0.5) is 0 Å². The molecule has 0 spiro atoms. The van der Waals surface area contributed by atoms with Crippen LogP contribution in [0.5, 0.6) is 11.5 Å². The molecule has 0 atom stereocenters. The molecular weight excluding hydrogens is 433 g/mol. The van der Waals surface area contributed by atoms with Crippen molar-refractivity contribution in [2.75, 3.05) is 6.54 Å². The SMILES string of the molecule is Cl.Cl.NCc1ccc(CCc2ccc(C(N)=NCCc3ccc(O)c(O)c3)cc2)cc1. The summed E-state index contributed by atoms with van der Waals surface area (Å²) < 4.78 is 0. The summed E-state index contributed by atoms with van der Waals surface area (Å²) >= 11 is 0. The van der Waals surface area contributed by atoms with E-state index < -0.39 is 0 Å². The van der Waals surface area contributed by atoms with Crippen molar-refractivity contribution in [1.82, 2.24) is 0 Å². The van der Waals surface area contributed by atoms with Gasteiger partial charge in [-0.2, -0.15) is 0 Å². The van der Waals surface area contributed by atoms with Gasteiger partial charge >= 0.3 is 0 Å². The van der Waals surface area contributed by atoms with Gasteiger partial charge in [-0.15, -0.1) is 24.8 Å². The van der Waals surface area contributed by atoms with Gasteiger partial charge in [-0.25, -0.2) is 0 Å². The van der Waals surface area contributed by atoms with Crippen molar-refractivity contribution in [3.8, 4) is 11.5 Å². The minimum Gasteiger partial charge on any atom is -0.504 e. The number of aromatic hydroxyl groups is 2. The second-order valence-corrected chi connectivity index (χ2v) is 7.06. The Morgan fingerprint density at radius 1 is 0.677 bits per heavy atom. The molecular formula is C24H29Cl2N3O2. The van der Waals surface area contributed by atoms with Gasteiger partial charge in [0.15, 0.2) is 11.5 Å². The maximum atomic E-state index is 9.54. The van der Waals surface area contributed by atoms with Crippen molar-refractivity contribution in [3.63, 3.8) is 0 Å². The molecule has 0 amide bonds. The molecule has 3 aromatic carbocycles. The smallest absolute Gasteiger partial charge is 0.157 e. The van der Waals surface area contributed by atoms with Crippen molar-refractivity contribution >= 4 is 30.6 Å². The molecule has 6 N–H and O–H groups in total. The molecule has 3 rings (SSSR count). The zero-order valence-corrected chi connectivity index (χ0v) is 18.8. The number of aryl methyl sites for hydroxylation is 2. The predicted octanol–water partition coefficient (Wildman–Crippen LogP) is 4.13. The number of halogens is 2. The summed E-state index contributed by atoms with van der Waals surface area (Å²) in [5.41, 5.74) is 17.2. The van der Waals surface area contributed by atoms with Crippen molar-refractivity contribution in [3.05, 3.63) is 94.5 Å². The van der Waals surface area contributed by atoms with Gasteiger partial charge < -0.3 is 21.7 Å². The Balaban J connectivity index is 0.00000240. The van der Waals surface area contributed by atoms with Crippen LogP contribution in [-0.4, -0.2) is 22.6 Å². The molecule has 0 unspecified atom stereocenters. The Labute approximate surface area is 195 Å². The Kier molecular flexibility index (Phi) is 10.9. The lowest BCUT2D eigenvalue weighted by molar-refractivity contribution is 0.403. The maximum Gasteiger partial charge on any atom is 0.157 e. The molecule has 166 valence electrons. The van der Waals surface area contributed by atoms with Crippen LogP contribution in [0, 0.1) is 0 Å². The van der Waals surface area contributed by atoms with E-state index >= 15 is 0 Å². The Bertz CT molecular complexity index is 975. The van der Waals surface area contributed by atoms with Crippen LogP contribution in [0.1, 0.15) is 27.8 Å². The minimum absolute atomic E-state index is 0. The third kappa shape index (κ3) is 7.79. The molecule has 7 heteroatoms. The van der Waals surface area contributed by atoms with Crippen LogP contribution in [0.15, 0.2) is 71.7 Å². The zero-order chi connectivity index (χ0) is 20.6. The maximum absolute atomic E-state index is 9.54. The van der Waals surface area contributed by atoms with E-state index in [2.05, 4.69) is 41.4 Å². The van der Waals surface area contributed by atoms with Crippen molar-refractivity contribution in [2.24, 2.45) is 16.5 Å². The van der Waals surface area contributed by atoms with Gasteiger partial charge in [-0.05, 0) is 53.6 Å². The van der Waals surface area contributed by atoms with E-state index in [1.807, 2.05) is 12.1 Å². The molecule has 0 fully saturated rings. The largest absolute Gasteiger partial charge is 0.504 e. The second kappa shape index (κ2) is 12.8. The number of hydrogen-bond donors (Lipinski definition) is 4. The van der Waals surface area contributed by atoms with Crippen LogP contribution in [0.2, 0.25) is 0 Å². The molecule has 31 heavy (non-hydrogen) atoms. The summed E-state index contributed by atoms with van der Waals surface area (Å²) in [4.78, 5) is 4.42. The molecule has 0 saturated heterocycles. The average Bonchev–Trinajstić information content (AvgIpc) is 2.75. The standard InChI is InChI=1S/C24H27N3O2.2ClH/c25-16-20-5-3-17(4-6-20)1-2-18-7-10-21(11-8-18)24(26)27-14-13-19-9-12-22(28)23(29)15-19;;/h3-12,15,28-29H,1-2,13-14,16,25H2,(H2,26,27);2*1H. The van der Waals surface area contributed by atoms with E-state index in [4.69, 9.17) is 11.5 Å². The van der Waals surface area contributed by atoms with Crippen LogP contribution in [-0.2, 0) is 25.8 Å². The Morgan fingerprint density at radius 2 is 1.19 bits per heavy atom. The number of aliphatic imine (C=N–C) groups is 1. The molecule has 0 heterocycles. The van der Waals surface area contributed by atoms with E-state index in [-0.39, 0.29) is 36.3 Å². The highest BCUT2D eigenvalue weighted by molar-refractivity contribution is 5.97. The molecule has 0 aliphatic carbocycles. The van der Waals surface area contributed by atoms with E-state index in [9.17, 15) is 10.2 Å². The second-order valence-electron chi connectivity index (χ2n) is 7.06. The third-order valence-electron chi connectivity index (χ3n) is 4.93. The number of benzene rings is 3. The van der Waals surface area contributed by atoms with Gasteiger partial charge in [0.25, 0.3) is 0 Å². The molecule has 5 nitrogen and oxygen atoms in total. The highest BCUT2D eigenvalue weighted by Gasteiger charge is 2.03. The first-order valence-electron chi connectivity index (χ1n) is 9.73. The third-order valence-corrected chi connectivity index (χ3v) is 4.93. The van der Waals surface area contributed by atoms with E-state index in [0.717, 1.165) is 29.5 Å². The quantitative estimate of drug-likeness (QED) is 0.230. The first-order valence-corrected chi connectivity index (χ1v) is 9.73. The number of nitrogens with zero attached hydrogens (tertiary/aromatic N) is 1. The minimum atomic E-state index is -0.121. The summed E-state index contributed by atoms with van der Waals surface area (Å²) in [7, 11) is 0. The van der Waals surface area contributed by atoms with E-state index in [1.165, 1.54) is 17.2 Å². The fourth-order valence-corrected chi connectivity index (χ4v) is 3.09. The number of rotatable bonds is 8. The average molecular weight is 462 g/mol. The monoisotopic (exact) mass is 461 g/mol. The molecule has 3 aromatic rings. The van der Waals surface area contributed by atoms with Crippen molar-refractivity contribution in [1.29, 1.82) is 0 Å². The van der Waals surface area contributed by atoms with E-state index in [0.29, 0.717) is 25.3 Å². The van der Waals surface area contributed by atoms with Crippen molar-refractivity contribution < 1.29 is 10.2 Å². The van der Waals surface area contributed by atoms with Gasteiger partial charge in [-0.3, -0.25) is 4.99 Å². The summed E-state index contributed by atoms with van der Waals surface area (Å²) in [6, 6.07) is 21.4. The molecule has 0 radical (unpaired) electrons. The first-order chi connectivity index (χ1) is 14.0. The Hall–Kier alpha value is -2.73. The summed E-state index contributed by atoms with van der Waals surface area (Å²) in [5, 5.41) is 18.9. The van der Waals surface area contributed by atoms with Crippen LogP contribution < -0.4 is 11.5 Å². The molecule has 0 saturated carbocycles. The van der Waals surface area contributed by atoms with E-state index in [1.54, 1.807) is 12.1 Å². The van der Waals surface area contributed by atoms with Crippen molar-refractivity contribution in [2.45, 2.75) is 25.8 Å². The fraction of sp³-hybridized carbons (Fsp3) is 0.208. The first kappa shape index (κ1) is 26.3. The highest BCUT2D eigenvalue weighted by Crippen LogP contribution is 2.25. The lowest BCUT2D eigenvalue weighted by Gasteiger charge is -2.06. The summed E-state index contributed by atoms with van der Waals surface area (Å²) in [6.07, 6.45) is 2.58. The van der Waals surface area contributed by atoms with Gasteiger partial charge in [-0.1, -0.05) is 54.6 Å². The topological polar surface area (TPSA) is 105 Å². The number of phenolic OH excluding ortho intramolecular Hbond substituents is 2. The van der Waals surface area contributed by atoms with Gasteiger partial charge in [0.05, 0.1) is 0 Å². The highest BCUT2D eigenvalue weighted by atomic mass is 35.5. The number of hydrogen-bond acceptors (Lipinski definition) is 4. The Morgan fingerprint density at radius 3 is 1.74 bits per heavy atom. The van der Waals surface area contributed by atoms with Crippen LogP contribution in [0.25, 0.3) is 0 Å². The lowest BCUT2D eigenvalue weighted by atomic mass is 10.0. The molecule has 0 aromatic heterocycles. The number of amidine groups is 1.